The molecule has 2 amide bonds. The van der Waals surface area contributed by atoms with Crippen LogP contribution in [0.4, 0.5) is 10.5 Å². The number of hydrogen-bond acceptors (Lipinski definition) is 7. The summed E-state index contributed by atoms with van der Waals surface area (Å²) in [7, 11) is 3.10. The number of benzene rings is 1. The fourth-order valence-corrected chi connectivity index (χ4v) is 2.96. The van der Waals surface area contributed by atoms with Crippen molar-refractivity contribution in [1.82, 2.24) is 14.9 Å². The lowest BCUT2D eigenvalue weighted by atomic mass is 10.1. The van der Waals surface area contributed by atoms with Gasteiger partial charge in [0.2, 0.25) is 5.69 Å². The lowest BCUT2D eigenvalue weighted by Crippen LogP contribution is -2.46. The lowest BCUT2D eigenvalue weighted by molar-refractivity contribution is 0.102. The van der Waals surface area contributed by atoms with Gasteiger partial charge in [0.05, 0.1) is 26.5 Å². The zero-order chi connectivity index (χ0) is 19.9. The Hall–Kier alpha value is -3.54. The third-order valence-electron chi connectivity index (χ3n) is 4.36. The first-order valence-electron chi connectivity index (χ1n) is 8.80. The molecule has 2 aromatic rings. The summed E-state index contributed by atoms with van der Waals surface area (Å²) in [6.07, 6.45) is 4.19. The molecule has 3 rings (SSSR count). The van der Waals surface area contributed by atoms with E-state index in [9.17, 15) is 4.79 Å². The summed E-state index contributed by atoms with van der Waals surface area (Å²) in [5.74, 6) is 1.34. The molecule has 9 nitrogen and oxygen atoms in total. The number of carbonyl (C=O) groups is 1. The van der Waals surface area contributed by atoms with Gasteiger partial charge in [-0.15, -0.1) is 0 Å². The number of nitrogens with one attached hydrogen (secondary N) is 1. The zero-order valence-corrected chi connectivity index (χ0v) is 15.7. The van der Waals surface area contributed by atoms with Gasteiger partial charge in [-0.1, -0.05) is 0 Å². The maximum absolute atomic E-state index is 12.7. The molecule has 146 valence electrons. The first kappa shape index (κ1) is 19.2. The number of ether oxygens (including phenoxy) is 3. The summed E-state index contributed by atoms with van der Waals surface area (Å²) in [5.41, 5.74) is 0.684. The number of nitrogens with zero attached hydrogens (tertiary/aromatic N) is 4. The van der Waals surface area contributed by atoms with Gasteiger partial charge in [-0.3, -0.25) is 0 Å². The Morgan fingerprint density at radius 3 is 2.86 bits per heavy atom. The van der Waals surface area contributed by atoms with Crippen LogP contribution in [-0.2, 0) is 0 Å². The minimum atomic E-state index is -0.263. The second-order valence-electron chi connectivity index (χ2n) is 6.15. The Morgan fingerprint density at radius 1 is 1.29 bits per heavy atom. The van der Waals surface area contributed by atoms with E-state index in [0.29, 0.717) is 30.3 Å². The van der Waals surface area contributed by atoms with Gasteiger partial charge in [-0.2, -0.15) is 5.26 Å². The highest BCUT2D eigenvalue weighted by atomic mass is 16.5. The quantitative estimate of drug-likeness (QED) is 0.844. The molecule has 1 atom stereocenters. The van der Waals surface area contributed by atoms with E-state index < -0.39 is 0 Å². The van der Waals surface area contributed by atoms with Gasteiger partial charge in [-0.05, 0) is 25.0 Å². The molecule has 9 heteroatoms. The molecule has 1 aromatic heterocycles. The van der Waals surface area contributed by atoms with Crippen molar-refractivity contribution in [3.8, 4) is 23.4 Å². The highest BCUT2D eigenvalue weighted by molar-refractivity contribution is 5.91. The predicted octanol–water partition coefficient (Wildman–Crippen LogP) is 2.44. The molecular weight excluding hydrogens is 362 g/mol. The molecule has 0 spiro atoms. The third kappa shape index (κ3) is 4.40. The lowest BCUT2D eigenvalue weighted by Gasteiger charge is -2.32. The van der Waals surface area contributed by atoms with Crippen LogP contribution in [0.2, 0.25) is 0 Å². The van der Waals surface area contributed by atoms with Crippen molar-refractivity contribution in [2.24, 2.45) is 0 Å². The number of piperidine rings is 1. The average Bonchev–Trinajstić information content (AvgIpc) is 2.74. The number of aromatic nitrogens is 2. The van der Waals surface area contributed by atoms with Gasteiger partial charge in [0.25, 0.3) is 5.88 Å². The topological polar surface area (TPSA) is 110 Å². The van der Waals surface area contributed by atoms with Crippen molar-refractivity contribution >= 4 is 11.7 Å². The van der Waals surface area contributed by atoms with Crippen molar-refractivity contribution < 1.29 is 19.0 Å². The Kier molecular flexibility index (Phi) is 6.11. The molecule has 0 bridgehead atoms. The normalized spacial score (nSPS) is 16.0. The van der Waals surface area contributed by atoms with Gasteiger partial charge >= 0.3 is 6.03 Å². The average molecular weight is 383 g/mol. The fraction of sp³-hybridized carbons (Fsp3) is 0.368. The fourth-order valence-electron chi connectivity index (χ4n) is 2.96. The van der Waals surface area contributed by atoms with Crippen molar-refractivity contribution in [3.63, 3.8) is 0 Å². The number of amides is 2. The second-order valence-corrected chi connectivity index (χ2v) is 6.15. The minimum Gasteiger partial charge on any atom is -0.497 e. The van der Waals surface area contributed by atoms with Gasteiger partial charge < -0.3 is 24.4 Å². The summed E-state index contributed by atoms with van der Waals surface area (Å²) in [6, 6.07) is 6.88. The smallest absolute Gasteiger partial charge is 0.322 e. The van der Waals surface area contributed by atoms with E-state index in [0.717, 1.165) is 12.8 Å². The summed E-state index contributed by atoms with van der Waals surface area (Å²) in [5, 5.41) is 12.0. The van der Waals surface area contributed by atoms with E-state index in [2.05, 4.69) is 15.3 Å². The van der Waals surface area contributed by atoms with Gasteiger partial charge in [0.1, 0.15) is 23.7 Å². The molecule has 1 fully saturated rings. The highest BCUT2D eigenvalue weighted by Gasteiger charge is 2.26. The van der Waals surface area contributed by atoms with Crippen molar-refractivity contribution in [1.29, 1.82) is 5.26 Å². The molecule has 1 N–H and O–H groups in total. The number of urea groups is 1. The van der Waals surface area contributed by atoms with Crippen LogP contribution in [-0.4, -0.2) is 54.3 Å². The highest BCUT2D eigenvalue weighted by Crippen LogP contribution is 2.29. The maximum Gasteiger partial charge on any atom is 0.322 e. The Morgan fingerprint density at radius 2 is 2.11 bits per heavy atom. The van der Waals surface area contributed by atoms with Crippen LogP contribution in [0.5, 0.6) is 17.4 Å². The number of anilines is 1. The largest absolute Gasteiger partial charge is 0.497 e. The Balaban J connectivity index is 1.65. The summed E-state index contributed by atoms with van der Waals surface area (Å²) >= 11 is 0. The SMILES string of the molecule is COc1ccc(NC(=O)N2CCCC(Oc3nccnc3C#N)C2)c(OC)c1. The Labute approximate surface area is 162 Å². The summed E-state index contributed by atoms with van der Waals surface area (Å²) in [4.78, 5) is 22.4. The molecular formula is C19H21N5O4. The Bertz CT molecular complexity index is 883. The maximum atomic E-state index is 12.7. The van der Waals surface area contributed by atoms with Crippen LogP contribution in [0.1, 0.15) is 18.5 Å². The predicted molar refractivity (Wildman–Crippen MR) is 101 cm³/mol. The number of nitriles is 1. The van der Waals surface area contributed by atoms with Crippen LogP contribution >= 0.6 is 0 Å². The molecule has 0 radical (unpaired) electrons. The number of methoxy groups -OCH3 is 2. The summed E-state index contributed by atoms with van der Waals surface area (Å²) in [6.45, 7) is 0.988. The van der Waals surface area contributed by atoms with E-state index in [1.165, 1.54) is 19.5 Å². The second kappa shape index (κ2) is 8.90. The third-order valence-corrected chi connectivity index (χ3v) is 4.36. The molecule has 2 heterocycles. The van der Waals surface area contributed by atoms with Gasteiger partial charge in [0.15, 0.2) is 0 Å². The van der Waals surface area contributed by atoms with Crippen LogP contribution in [0.15, 0.2) is 30.6 Å². The number of rotatable bonds is 5. The number of carbonyl (C=O) groups excluding carboxylic acids is 1. The van der Waals surface area contributed by atoms with Crippen LogP contribution in [0.3, 0.4) is 0 Å². The van der Waals surface area contributed by atoms with Crippen LogP contribution in [0.25, 0.3) is 0 Å². The van der Waals surface area contributed by atoms with Crippen LogP contribution < -0.4 is 19.5 Å². The van der Waals surface area contributed by atoms with Crippen molar-refractivity contribution in [2.45, 2.75) is 18.9 Å². The molecule has 1 aliphatic heterocycles. The number of likely N-dealkylation sites (tertiary alicyclic amines) is 1. The molecule has 0 saturated carbocycles. The van der Waals surface area contributed by atoms with Gasteiger partial charge in [0, 0.05) is 25.0 Å². The molecule has 1 aromatic carbocycles. The molecule has 28 heavy (non-hydrogen) atoms. The van der Waals surface area contributed by atoms with Crippen molar-refractivity contribution in [3.05, 3.63) is 36.3 Å². The van der Waals surface area contributed by atoms with E-state index in [-0.39, 0.29) is 23.7 Å². The summed E-state index contributed by atoms with van der Waals surface area (Å²) < 4.78 is 16.3. The molecule has 1 saturated heterocycles. The van der Waals surface area contributed by atoms with E-state index in [4.69, 9.17) is 19.5 Å². The van der Waals surface area contributed by atoms with Crippen molar-refractivity contribution in [2.75, 3.05) is 32.6 Å². The minimum absolute atomic E-state index is 0.132. The first-order valence-corrected chi connectivity index (χ1v) is 8.80. The molecule has 1 unspecified atom stereocenters. The van der Waals surface area contributed by atoms with E-state index >= 15 is 0 Å². The van der Waals surface area contributed by atoms with Crippen LogP contribution in [0, 0.1) is 11.3 Å². The standard InChI is InChI=1S/C19H21N5O4/c1-26-13-5-6-15(17(10-13)27-2)23-19(25)24-9-3-4-14(12-24)28-18-16(11-20)21-7-8-22-18/h5-8,10,14H,3-4,9,12H2,1-2H3,(H,23,25). The van der Waals surface area contributed by atoms with E-state index in [1.807, 2.05) is 6.07 Å². The van der Waals surface area contributed by atoms with E-state index in [1.54, 1.807) is 30.2 Å². The number of hydrogen-bond donors (Lipinski definition) is 1. The molecule has 1 aliphatic rings. The molecule has 0 aliphatic carbocycles. The first-order chi connectivity index (χ1) is 13.6. The monoisotopic (exact) mass is 383 g/mol. The zero-order valence-electron chi connectivity index (χ0n) is 15.7. The van der Waals surface area contributed by atoms with Gasteiger partial charge in [-0.25, -0.2) is 14.8 Å².